The zero-order chi connectivity index (χ0) is 24.9. The van der Waals surface area contributed by atoms with E-state index in [2.05, 4.69) is 12.1 Å². The number of carbonyl (C=O) groups excluding carboxylic acids is 1. The quantitative estimate of drug-likeness (QED) is 0.199. The number of hydrogen-bond donors (Lipinski definition) is 0. The van der Waals surface area contributed by atoms with Crippen LogP contribution in [0.4, 0.5) is 0 Å². The van der Waals surface area contributed by atoms with Gasteiger partial charge in [-0.3, -0.25) is 4.79 Å². The number of ether oxygens (including phenoxy) is 2. The zero-order valence-corrected chi connectivity index (χ0v) is 19.8. The highest BCUT2D eigenvalue weighted by atomic mass is 16.5. The second kappa shape index (κ2) is 10.3. The van der Waals surface area contributed by atoms with Crippen LogP contribution in [0.25, 0.3) is 22.1 Å². The molecule has 5 nitrogen and oxygen atoms in total. The van der Waals surface area contributed by atoms with Crippen LogP contribution in [0.2, 0.25) is 0 Å². The Bertz CT molecular complexity index is 1580. The van der Waals surface area contributed by atoms with E-state index in [0.29, 0.717) is 45.6 Å². The number of esters is 1. The summed E-state index contributed by atoms with van der Waals surface area (Å²) in [5.41, 5.74) is 3.83. The second-order valence-electron chi connectivity index (χ2n) is 8.37. The molecule has 178 valence electrons. The van der Waals surface area contributed by atoms with Crippen LogP contribution in [0.1, 0.15) is 21.5 Å². The molecule has 0 spiro atoms. The molecule has 4 aromatic carbocycles. The summed E-state index contributed by atoms with van der Waals surface area (Å²) in [6, 6.07) is 29.7. The number of rotatable bonds is 7. The van der Waals surface area contributed by atoms with Crippen molar-refractivity contribution in [2.75, 3.05) is 7.11 Å². The lowest BCUT2D eigenvalue weighted by Gasteiger charge is -2.11. The summed E-state index contributed by atoms with van der Waals surface area (Å²) in [6.45, 7) is 0. The van der Waals surface area contributed by atoms with E-state index in [0.717, 1.165) is 12.0 Å². The van der Waals surface area contributed by atoms with Crippen LogP contribution >= 0.6 is 0 Å². The minimum absolute atomic E-state index is 0.190. The van der Waals surface area contributed by atoms with Crippen LogP contribution < -0.4 is 14.9 Å². The lowest BCUT2D eigenvalue weighted by molar-refractivity contribution is 0.0733. The van der Waals surface area contributed by atoms with Crippen LogP contribution in [0, 0.1) is 0 Å². The Labute approximate surface area is 208 Å². The standard InChI is InChI=1S/C31H24O5/c1-34-28-14-8-7-13-25(28)27-20-35-29-19-23(17-18-26(29)30(27)32)36-31(33)24-12-6-5-11-22(24)16-15-21-9-3-2-4-10-21/h2-14,17-20H,15-16H2,1H3. The molecule has 1 aromatic heterocycles. The van der Waals surface area contributed by atoms with E-state index < -0.39 is 5.97 Å². The average molecular weight is 477 g/mol. The molecule has 0 bridgehead atoms. The fourth-order valence-corrected chi connectivity index (χ4v) is 4.25. The smallest absolute Gasteiger partial charge is 0.343 e. The van der Waals surface area contributed by atoms with Crippen LogP contribution in [-0.2, 0) is 12.8 Å². The molecule has 0 unspecified atom stereocenters. The largest absolute Gasteiger partial charge is 0.496 e. The fraction of sp³-hybridized carbons (Fsp3) is 0.0968. The number of fused-ring (bicyclic) bond motifs is 1. The van der Waals surface area contributed by atoms with Crippen LogP contribution in [0.15, 0.2) is 113 Å². The Morgan fingerprint density at radius 3 is 2.39 bits per heavy atom. The Morgan fingerprint density at radius 1 is 0.806 bits per heavy atom. The number of para-hydroxylation sites is 1. The number of methoxy groups -OCH3 is 1. The summed E-state index contributed by atoms with van der Waals surface area (Å²) in [7, 11) is 1.56. The fourth-order valence-electron chi connectivity index (χ4n) is 4.25. The van der Waals surface area contributed by atoms with Gasteiger partial charge in [0.15, 0.2) is 0 Å². The highest BCUT2D eigenvalue weighted by Gasteiger charge is 2.16. The molecular formula is C31H24O5. The van der Waals surface area contributed by atoms with Gasteiger partial charge in [-0.05, 0) is 48.2 Å². The van der Waals surface area contributed by atoms with Crippen molar-refractivity contribution in [1.29, 1.82) is 0 Å². The maximum atomic E-state index is 13.2. The van der Waals surface area contributed by atoms with Crippen molar-refractivity contribution in [3.05, 3.63) is 130 Å². The topological polar surface area (TPSA) is 65.7 Å². The summed E-state index contributed by atoms with van der Waals surface area (Å²) in [5.74, 6) is 0.435. The molecule has 5 heteroatoms. The Hall–Kier alpha value is -4.64. The first-order valence-electron chi connectivity index (χ1n) is 11.7. The first-order valence-corrected chi connectivity index (χ1v) is 11.7. The van der Waals surface area contributed by atoms with Crippen molar-refractivity contribution >= 4 is 16.9 Å². The number of carbonyl (C=O) groups is 1. The van der Waals surface area contributed by atoms with Gasteiger partial charge < -0.3 is 13.9 Å². The lowest BCUT2D eigenvalue weighted by atomic mass is 10.00. The maximum absolute atomic E-state index is 13.2. The summed E-state index contributed by atoms with van der Waals surface area (Å²) in [6.07, 6.45) is 2.95. The number of benzene rings is 4. The molecule has 0 aliphatic rings. The molecule has 0 fully saturated rings. The normalized spacial score (nSPS) is 10.8. The van der Waals surface area contributed by atoms with Gasteiger partial charge in [-0.1, -0.05) is 66.7 Å². The molecule has 36 heavy (non-hydrogen) atoms. The monoisotopic (exact) mass is 476 g/mol. The van der Waals surface area contributed by atoms with E-state index in [1.54, 1.807) is 37.4 Å². The molecule has 5 aromatic rings. The molecule has 0 N–H and O–H groups in total. The van der Waals surface area contributed by atoms with Crippen molar-refractivity contribution in [3.63, 3.8) is 0 Å². The Morgan fingerprint density at radius 2 is 1.56 bits per heavy atom. The van der Waals surface area contributed by atoms with E-state index in [9.17, 15) is 9.59 Å². The third-order valence-electron chi connectivity index (χ3n) is 6.12. The van der Waals surface area contributed by atoms with Gasteiger partial charge >= 0.3 is 5.97 Å². The predicted molar refractivity (Wildman–Crippen MR) is 140 cm³/mol. The van der Waals surface area contributed by atoms with E-state index in [4.69, 9.17) is 13.9 Å². The molecule has 5 rings (SSSR count). The van der Waals surface area contributed by atoms with Crippen LogP contribution in [0.3, 0.4) is 0 Å². The van der Waals surface area contributed by atoms with Gasteiger partial charge in [-0.25, -0.2) is 4.79 Å². The maximum Gasteiger partial charge on any atom is 0.343 e. The van der Waals surface area contributed by atoms with Gasteiger partial charge in [0.1, 0.15) is 23.3 Å². The average Bonchev–Trinajstić information content (AvgIpc) is 2.93. The van der Waals surface area contributed by atoms with Crippen LogP contribution in [0.5, 0.6) is 11.5 Å². The van der Waals surface area contributed by atoms with Crippen molar-refractivity contribution < 1.29 is 18.7 Å². The SMILES string of the molecule is COc1ccccc1-c1coc2cc(OC(=O)c3ccccc3CCc3ccccc3)ccc2c1=O. The molecule has 0 atom stereocenters. The van der Waals surface area contributed by atoms with Gasteiger partial charge in [0.2, 0.25) is 5.43 Å². The van der Waals surface area contributed by atoms with Gasteiger partial charge in [0.05, 0.1) is 23.6 Å². The van der Waals surface area contributed by atoms with Crippen molar-refractivity contribution in [3.8, 4) is 22.6 Å². The molecule has 0 saturated heterocycles. The summed E-state index contributed by atoms with van der Waals surface area (Å²) in [5, 5.41) is 0.390. The summed E-state index contributed by atoms with van der Waals surface area (Å²) in [4.78, 5) is 26.2. The van der Waals surface area contributed by atoms with Gasteiger partial charge in [0, 0.05) is 11.6 Å². The first-order chi connectivity index (χ1) is 17.6. The highest BCUT2D eigenvalue weighted by molar-refractivity contribution is 5.93. The van der Waals surface area contributed by atoms with Gasteiger partial charge in [-0.2, -0.15) is 0 Å². The number of hydrogen-bond acceptors (Lipinski definition) is 5. The third kappa shape index (κ3) is 4.77. The van der Waals surface area contributed by atoms with Gasteiger partial charge in [0.25, 0.3) is 0 Å². The minimum Gasteiger partial charge on any atom is -0.496 e. The third-order valence-corrected chi connectivity index (χ3v) is 6.12. The first kappa shape index (κ1) is 23.1. The molecule has 0 radical (unpaired) electrons. The number of aryl methyl sites for hydroxylation is 2. The van der Waals surface area contributed by atoms with E-state index in [1.807, 2.05) is 54.6 Å². The molecule has 1 heterocycles. The highest BCUT2D eigenvalue weighted by Crippen LogP contribution is 2.29. The summed E-state index contributed by atoms with van der Waals surface area (Å²) >= 11 is 0. The Balaban J connectivity index is 1.39. The van der Waals surface area contributed by atoms with Crippen molar-refractivity contribution in [1.82, 2.24) is 0 Å². The van der Waals surface area contributed by atoms with E-state index >= 15 is 0 Å². The van der Waals surface area contributed by atoms with Crippen molar-refractivity contribution in [2.24, 2.45) is 0 Å². The predicted octanol–water partition coefficient (Wildman–Crippen LogP) is 6.47. The molecule has 0 aliphatic carbocycles. The van der Waals surface area contributed by atoms with E-state index in [-0.39, 0.29) is 5.43 Å². The lowest BCUT2D eigenvalue weighted by Crippen LogP contribution is -2.12. The summed E-state index contributed by atoms with van der Waals surface area (Å²) < 4.78 is 16.8. The zero-order valence-electron chi connectivity index (χ0n) is 19.8. The van der Waals surface area contributed by atoms with E-state index in [1.165, 1.54) is 11.8 Å². The van der Waals surface area contributed by atoms with Crippen molar-refractivity contribution in [2.45, 2.75) is 12.8 Å². The molecule has 0 saturated carbocycles. The van der Waals surface area contributed by atoms with Crippen LogP contribution in [-0.4, -0.2) is 13.1 Å². The second-order valence-corrected chi connectivity index (χ2v) is 8.37. The Kier molecular flexibility index (Phi) is 6.63. The minimum atomic E-state index is -0.453. The molecular weight excluding hydrogens is 452 g/mol. The van der Waals surface area contributed by atoms with Gasteiger partial charge in [-0.15, -0.1) is 0 Å². The molecule has 0 amide bonds. The molecule has 0 aliphatic heterocycles.